The van der Waals surface area contributed by atoms with Gasteiger partial charge in [-0.3, -0.25) is 28.8 Å². The van der Waals surface area contributed by atoms with E-state index in [0.29, 0.717) is 49.7 Å². The highest BCUT2D eigenvalue weighted by Crippen LogP contribution is 2.49. The van der Waals surface area contributed by atoms with Crippen molar-refractivity contribution in [2.24, 2.45) is 11.8 Å². The maximum atomic E-state index is 15.0. The molecule has 23 nitrogen and oxygen atoms in total. The summed E-state index contributed by atoms with van der Waals surface area (Å²) >= 11 is 1.39. The number of carbonyl (C=O) groups excluding carboxylic acids is 9. The van der Waals surface area contributed by atoms with E-state index in [9.17, 15) is 38.4 Å². The zero-order valence-electron chi connectivity index (χ0n) is 62.0. The number of nitrogens with one attached hydrogen (secondary N) is 4. The summed E-state index contributed by atoms with van der Waals surface area (Å²) in [4.78, 5) is 123. The lowest BCUT2D eigenvalue weighted by Crippen LogP contribution is -2.49. The lowest BCUT2D eigenvalue weighted by atomic mass is 9.83. The van der Waals surface area contributed by atoms with Crippen LogP contribution < -0.4 is 26.0 Å². The fraction of sp³-hybridized carbons (Fsp3) is 0.557. The third kappa shape index (κ3) is 31.5. The lowest BCUT2D eigenvalue weighted by Gasteiger charge is -2.36. The van der Waals surface area contributed by atoms with Crippen molar-refractivity contribution < 1.29 is 90.5 Å². The van der Waals surface area contributed by atoms with Gasteiger partial charge in [0.15, 0.2) is 5.78 Å². The third-order valence-corrected chi connectivity index (χ3v) is 18.2. The maximum absolute atomic E-state index is 15.0. The number of carbonyl (C=O) groups is 9. The zero-order chi connectivity index (χ0) is 75.2. The number of rotatable bonds is 47. The van der Waals surface area contributed by atoms with E-state index in [0.717, 1.165) is 29.5 Å². The van der Waals surface area contributed by atoms with Crippen LogP contribution >= 0.6 is 11.8 Å². The molecule has 1 aliphatic carbocycles. The Hall–Kier alpha value is -8.00. The fourth-order valence-corrected chi connectivity index (χ4v) is 12.8. The van der Waals surface area contributed by atoms with Crippen molar-refractivity contribution in [2.45, 2.75) is 193 Å². The van der Waals surface area contributed by atoms with Crippen molar-refractivity contribution in [3.8, 4) is 5.75 Å². The molecule has 1 aliphatic rings. The summed E-state index contributed by atoms with van der Waals surface area (Å²) < 4.78 is 55.8. The van der Waals surface area contributed by atoms with Gasteiger partial charge in [0.25, 0.3) is 0 Å². The van der Waals surface area contributed by atoms with Gasteiger partial charge in [-0.1, -0.05) is 124 Å². The normalized spacial score (nSPS) is 15.5. The molecular weight excluding hydrogens is 1340 g/mol. The second-order valence-corrected chi connectivity index (χ2v) is 28.2. The first-order valence-corrected chi connectivity index (χ1v) is 36.9. The number of hydrogen-bond donors (Lipinski definition) is 4. The lowest BCUT2D eigenvalue weighted by molar-refractivity contribution is -0.157. The summed E-state index contributed by atoms with van der Waals surface area (Å²) in [5.74, 6) is -5.52. The monoisotopic (exact) mass is 1450 g/mol. The van der Waals surface area contributed by atoms with Crippen molar-refractivity contribution in [1.82, 2.24) is 21.3 Å². The third-order valence-electron chi connectivity index (χ3n) is 16.6. The molecule has 0 bridgehead atoms. The SMILES string of the molecule is CCOC(=O)C1=C[C@@H](OC(CC)CC)[C@H](C)[C@@H](NC(=O)CCOCCOCCOCCOCCNC(=O)CCC(=O)CC[C@H](NC(=O)OC(C)(C)C)C(=O)C[C@@H](CC(=O)OC(C)(C)C)C(=O)N[C@@H](CSC(c2ccccc2)(c2ccccc2)c2ccccc2)C(=O)OCc2ccc(OCC)cc2)C1. The predicted molar refractivity (Wildman–Crippen MR) is 392 cm³/mol. The van der Waals surface area contributed by atoms with Crippen LogP contribution in [-0.4, -0.2) is 173 Å². The highest BCUT2D eigenvalue weighted by molar-refractivity contribution is 8.00. The Balaban J connectivity index is 1.12. The summed E-state index contributed by atoms with van der Waals surface area (Å²) in [5.41, 5.74) is 1.83. The van der Waals surface area contributed by atoms with Crippen LogP contribution in [0, 0.1) is 11.8 Å². The van der Waals surface area contributed by atoms with Gasteiger partial charge < -0.3 is 68.6 Å². The Bertz CT molecular complexity index is 3190. The van der Waals surface area contributed by atoms with Crippen LogP contribution in [-0.2, 0) is 92.3 Å². The molecule has 0 saturated carbocycles. The number of benzene rings is 4. The molecule has 0 spiro atoms. The molecule has 0 unspecified atom stereocenters. The van der Waals surface area contributed by atoms with Crippen LogP contribution in [0.1, 0.15) is 163 Å². The number of amides is 4. The average Bonchev–Trinajstić information content (AvgIpc) is 0.757. The van der Waals surface area contributed by atoms with Crippen molar-refractivity contribution >= 4 is 65.1 Å². The highest BCUT2D eigenvalue weighted by Gasteiger charge is 2.41. The van der Waals surface area contributed by atoms with E-state index in [1.807, 2.05) is 111 Å². The molecule has 0 heterocycles. The molecule has 0 fully saturated rings. The fourth-order valence-electron chi connectivity index (χ4n) is 11.3. The van der Waals surface area contributed by atoms with Gasteiger partial charge in [0.05, 0.1) is 101 Å². The Morgan fingerprint density at radius 1 is 0.573 bits per heavy atom. The Kier molecular flexibility index (Phi) is 37.6. The van der Waals surface area contributed by atoms with Crippen molar-refractivity contribution in [2.75, 3.05) is 78.4 Å². The Morgan fingerprint density at radius 3 is 1.66 bits per heavy atom. The average molecular weight is 1450 g/mol. The number of esters is 3. The van der Waals surface area contributed by atoms with Crippen LogP contribution in [0.25, 0.3) is 0 Å². The highest BCUT2D eigenvalue weighted by atomic mass is 32.2. The predicted octanol–water partition coefficient (Wildman–Crippen LogP) is 10.8. The summed E-state index contributed by atoms with van der Waals surface area (Å²) in [6, 6.07) is 33.3. The van der Waals surface area contributed by atoms with Gasteiger partial charge in [-0.05, 0) is 122 Å². The van der Waals surface area contributed by atoms with E-state index < -0.39 is 88.4 Å². The van der Waals surface area contributed by atoms with Crippen LogP contribution in [0.15, 0.2) is 127 Å². The van der Waals surface area contributed by atoms with Crippen LogP contribution in [0.2, 0.25) is 0 Å². The van der Waals surface area contributed by atoms with Gasteiger partial charge in [-0.15, -0.1) is 11.8 Å². The standard InChI is InChI=1S/C79H110N4O19S/c1-12-63(13-2)100-69-51-58(74(90)98-15-4)49-66(55(69)5)81-71(87)39-41-93-43-45-95-47-48-96-46-44-94-42-40-80-70(86)38-34-62(84)33-37-65(83-76(92)102-78(9,10)11)68(85)50-57(52-72(88)101-77(6,7)8)73(89)82-67(75(91)99-53-56-31-35-64(36-32-56)97-14-3)54-103-79(59-25-19-16-20-26-59,60-27-21-17-22-28-60)61-29-23-18-24-30-61/h16-32,35-36,51,55,57,63,65-67,69H,12-15,33-34,37-50,52-54H2,1-11H3,(H,80,86)(H,81,87)(H,82,89)(H,83,92)/t55-,57+,65+,66+,67+,69-/m1/s1. The number of thioether (sulfide) groups is 1. The second-order valence-electron chi connectivity index (χ2n) is 27.0. The number of ketones is 2. The molecular formula is C79H110N4O19S. The van der Waals surface area contributed by atoms with E-state index in [1.54, 1.807) is 72.7 Å². The zero-order valence-corrected chi connectivity index (χ0v) is 62.8. The van der Waals surface area contributed by atoms with Crippen LogP contribution in [0.4, 0.5) is 4.79 Å². The largest absolute Gasteiger partial charge is 0.494 e. The number of alkyl carbamates (subject to hydrolysis) is 1. The van der Waals surface area contributed by atoms with Gasteiger partial charge in [0.1, 0.15) is 35.4 Å². The molecule has 0 aliphatic heterocycles. The van der Waals surface area contributed by atoms with Crippen LogP contribution in [0.5, 0.6) is 5.75 Å². The molecule has 24 heteroatoms. The molecule has 0 saturated heterocycles. The Morgan fingerprint density at radius 2 is 1.13 bits per heavy atom. The minimum Gasteiger partial charge on any atom is -0.494 e. The first kappa shape index (κ1) is 85.6. The number of Topliss-reactive ketones (excluding diaryl/α,β-unsaturated/α-hetero) is 2. The van der Waals surface area contributed by atoms with Gasteiger partial charge >= 0.3 is 24.0 Å². The quantitative estimate of drug-likeness (QED) is 0.0138. The molecule has 0 aromatic heterocycles. The molecule has 566 valence electrons. The van der Waals surface area contributed by atoms with E-state index in [-0.39, 0.29) is 127 Å². The smallest absolute Gasteiger partial charge is 0.408 e. The number of hydrogen-bond acceptors (Lipinski definition) is 20. The van der Waals surface area contributed by atoms with E-state index in [2.05, 4.69) is 35.1 Å². The van der Waals surface area contributed by atoms with Crippen molar-refractivity contribution in [3.05, 3.63) is 149 Å². The van der Waals surface area contributed by atoms with Gasteiger partial charge in [0, 0.05) is 61.9 Å². The van der Waals surface area contributed by atoms with E-state index in [1.165, 1.54) is 11.8 Å². The minimum atomic E-state index is -1.46. The van der Waals surface area contributed by atoms with Gasteiger partial charge in [0.2, 0.25) is 17.7 Å². The summed E-state index contributed by atoms with van der Waals surface area (Å²) in [7, 11) is 0. The van der Waals surface area contributed by atoms with Crippen molar-refractivity contribution in [3.63, 3.8) is 0 Å². The van der Waals surface area contributed by atoms with Crippen molar-refractivity contribution in [1.29, 1.82) is 0 Å². The maximum Gasteiger partial charge on any atom is 0.408 e. The molecule has 0 radical (unpaired) electrons. The molecule has 4 amide bonds. The summed E-state index contributed by atoms with van der Waals surface area (Å²) in [6.45, 7) is 22.4. The first-order chi connectivity index (χ1) is 49.3. The van der Waals surface area contributed by atoms with E-state index in [4.69, 9.17) is 47.4 Å². The molecule has 103 heavy (non-hydrogen) atoms. The molecule has 4 N–H and O–H groups in total. The Labute approximate surface area is 612 Å². The topological polar surface area (TPSA) is 294 Å². The first-order valence-electron chi connectivity index (χ1n) is 35.9. The van der Waals surface area contributed by atoms with E-state index >= 15 is 4.79 Å². The van der Waals surface area contributed by atoms with Gasteiger partial charge in [-0.2, -0.15) is 0 Å². The molecule has 5 rings (SSSR count). The summed E-state index contributed by atoms with van der Waals surface area (Å²) in [6.07, 6.45) is 0.623. The van der Waals surface area contributed by atoms with Gasteiger partial charge in [-0.25, -0.2) is 14.4 Å². The molecule has 4 aromatic rings. The summed E-state index contributed by atoms with van der Waals surface area (Å²) in [5, 5.41) is 11.2. The minimum absolute atomic E-state index is 0.0358. The molecule has 4 aromatic carbocycles. The van der Waals surface area contributed by atoms with Crippen LogP contribution in [0.3, 0.4) is 0 Å². The molecule has 6 atom stereocenters. The second kappa shape index (κ2) is 45.3. The number of ether oxygens (including phenoxy) is 10.